The second-order valence-electron chi connectivity index (χ2n) is 4.02. The van der Waals surface area contributed by atoms with Gasteiger partial charge in [-0.1, -0.05) is 26.0 Å². The molecule has 1 aromatic carbocycles. The molecule has 21 heavy (non-hydrogen) atoms. The molecule has 0 bridgehead atoms. The molecule has 0 spiro atoms. The van der Waals surface area contributed by atoms with Gasteiger partial charge in [-0.3, -0.25) is 0 Å². The zero-order chi connectivity index (χ0) is 16.4. The molecule has 2 rings (SSSR count). The first-order valence-corrected chi connectivity index (χ1v) is 6.15. The molecule has 7 heteroatoms. The van der Waals surface area contributed by atoms with Crippen LogP contribution in [0.25, 0.3) is 10.9 Å². The topological polar surface area (TPSA) is 12.9 Å². The first-order valence-electron chi connectivity index (χ1n) is 6.15. The van der Waals surface area contributed by atoms with Crippen molar-refractivity contribution in [3.05, 3.63) is 41.1 Å². The lowest BCUT2D eigenvalue weighted by Gasteiger charge is -2.13. The summed E-state index contributed by atoms with van der Waals surface area (Å²) in [6.45, 7) is 5.32. The van der Waals surface area contributed by atoms with E-state index in [2.05, 4.69) is 4.98 Å². The summed E-state index contributed by atoms with van der Waals surface area (Å²) < 4.78 is 76.0. The van der Waals surface area contributed by atoms with Gasteiger partial charge in [-0.25, -0.2) is 4.98 Å². The van der Waals surface area contributed by atoms with Crippen LogP contribution in [-0.4, -0.2) is 4.98 Å². The minimum atomic E-state index is -4.78. The zero-order valence-electron chi connectivity index (χ0n) is 11.5. The molecule has 0 amide bonds. The fraction of sp³-hybridized carbons (Fsp3) is 0.357. The van der Waals surface area contributed by atoms with Gasteiger partial charge in [0.1, 0.15) is 5.69 Å². The maximum absolute atomic E-state index is 12.8. The standard InChI is InChI=1S/C12H7F6N.C2H6/c1-6-5-9(12(16,17)18)19-10-7(6)3-2-4-8(10)11(13,14)15;1-2/h2-5H,1H3;1-2H3. The summed E-state index contributed by atoms with van der Waals surface area (Å²) in [7, 11) is 0. The van der Waals surface area contributed by atoms with E-state index in [-0.39, 0.29) is 10.9 Å². The Balaban J connectivity index is 0.00000106. The highest BCUT2D eigenvalue weighted by Gasteiger charge is 2.36. The third-order valence-corrected chi connectivity index (χ3v) is 2.64. The number of aryl methyl sites for hydroxylation is 1. The smallest absolute Gasteiger partial charge is 0.243 e. The summed E-state index contributed by atoms with van der Waals surface area (Å²) in [6.07, 6.45) is -9.53. The van der Waals surface area contributed by atoms with Crippen LogP contribution in [0.2, 0.25) is 0 Å². The Bertz CT molecular complexity index is 628. The molecular formula is C14H13F6N. The van der Waals surface area contributed by atoms with E-state index in [0.29, 0.717) is 0 Å². The Morgan fingerprint density at radius 1 is 0.905 bits per heavy atom. The quantitative estimate of drug-likeness (QED) is 0.577. The van der Waals surface area contributed by atoms with Crippen molar-refractivity contribution in [2.24, 2.45) is 0 Å². The minimum absolute atomic E-state index is 0.0582. The number of alkyl halides is 6. The molecule has 0 unspecified atom stereocenters. The van der Waals surface area contributed by atoms with E-state index < -0.39 is 29.1 Å². The second kappa shape index (κ2) is 5.91. The summed E-state index contributed by atoms with van der Waals surface area (Å²) in [5.74, 6) is 0. The summed E-state index contributed by atoms with van der Waals surface area (Å²) in [6, 6.07) is 3.91. The lowest BCUT2D eigenvalue weighted by molar-refractivity contribution is -0.142. The predicted molar refractivity (Wildman–Crippen MR) is 67.8 cm³/mol. The van der Waals surface area contributed by atoms with Crippen LogP contribution in [0.15, 0.2) is 24.3 Å². The number of halogens is 6. The van der Waals surface area contributed by atoms with E-state index in [1.54, 1.807) is 0 Å². The van der Waals surface area contributed by atoms with Gasteiger partial charge in [-0.15, -0.1) is 0 Å². The Kier molecular flexibility index (Phi) is 4.86. The minimum Gasteiger partial charge on any atom is -0.243 e. The number of aromatic nitrogens is 1. The van der Waals surface area contributed by atoms with Crippen LogP contribution in [0, 0.1) is 6.92 Å². The van der Waals surface area contributed by atoms with E-state index in [0.717, 1.165) is 18.2 Å². The second-order valence-corrected chi connectivity index (χ2v) is 4.02. The molecular weight excluding hydrogens is 296 g/mol. The maximum Gasteiger partial charge on any atom is 0.433 e. The van der Waals surface area contributed by atoms with E-state index in [1.165, 1.54) is 13.0 Å². The van der Waals surface area contributed by atoms with Gasteiger partial charge in [-0.05, 0) is 24.6 Å². The summed E-state index contributed by atoms with van der Waals surface area (Å²) in [4.78, 5) is 3.13. The molecule has 0 fully saturated rings. The van der Waals surface area contributed by atoms with Gasteiger partial charge in [-0.2, -0.15) is 26.3 Å². The number of hydrogen-bond acceptors (Lipinski definition) is 1. The number of rotatable bonds is 0. The molecule has 2 aromatic rings. The number of fused-ring (bicyclic) bond motifs is 1. The molecule has 1 heterocycles. The molecule has 0 N–H and O–H groups in total. The van der Waals surface area contributed by atoms with Crippen molar-refractivity contribution in [2.45, 2.75) is 33.1 Å². The van der Waals surface area contributed by atoms with E-state index >= 15 is 0 Å². The van der Waals surface area contributed by atoms with Gasteiger partial charge in [0.05, 0.1) is 11.1 Å². The van der Waals surface area contributed by atoms with Gasteiger partial charge in [0.2, 0.25) is 0 Å². The molecule has 1 nitrogen and oxygen atoms in total. The Morgan fingerprint density at radius 2 is 1.48 bits per heavy atom. The first-order chi connectivity index (χ1) is 9.60. The molecule has 0 saturated carbocycles. The summed E-state index contributed by atoms with van der Waals surface area (Å²) >= 11 is 0. The third-order valence-electron chi connectivity index (χ3n) is 2.64. The highest BCUT2D eigenvalue weighted by molar-refractivity contribution is 5.85. The summed E-state index contributed by atoms with van der Waals surface area (Å²) in [5, 5.41) is 0.0582. The van der Waals surface area contributed by atoms with Crippen molar-refractivity contribution in [2.75, 3.05) is 0 Å². The zero-order valence-corrected chi connectivity index (χ0v) is 11.5. The van der Waals surface area contributed by atoms with Crippen LogP contribution in [0.3, 0.4) is 0 Å². The lowest BCUT2D eigenvalue weighted by atomic mass is 10.0. The largest absolute Gasteiger partial charge is 0.433 e. The van der Waals surface area contributed by atoms with Crippen LogP contribution in [0.5, 0.6) is 0 Å². The number of para-hydroxylation sites is 1. The lowest BCUT2D eigenvalue weighted by Crippen LogP contribution is -2.12. The van der Waals surface area contributed by atoms with Gasteiger partial charge < -0.3 is 0 Å². The molecule has 1 aromatic heterocycles. The van der Waals surface area contributed by atoms with Crippen molar-refractivity contribution in [1.82, 2.24) is 4.98 Å². The Morgan fingerprint density at radius 3 is 1.95 bits per heavy atom. The fourth-order valence-corrected chi connectivity index (χ4v) is 1.79. The Labute approximate surface area is 117 Å². The van der Waals surface area contributed by atoms with Crippen molar-refractivity contribution >= 4 is 10.9 Å². The van der Waals surface area contributed by atoms with Crippen LogP contribution in [0.1, 0.15) is 30.7 Å². The number of benzene rings is 1. The molecule has 0 saturated heterocycles. The first kappa shape index (κ1) is 17.3. The third kappa shape index (κ3) is 3.65. The number of pyridine rings is 1. The molecule has 0 aliphatic carbocycles. The average molecular weight is 309 g/mol. The highest BCUT2D eigenvalue weighted by Crippen LogP contribution is 2.37. The summed E-state index contributed by atoms with van der Waals surface area (Å²) in [5.41, 5.74) is -3.07. The maximum atomic E-state index is 12.8. The monoisotopic (exact) mass is 309 g/mol. The highest BCUT2D eigenvalue weighted by atomic mass is 19.4. The van der Waals surface area contributed by atoms with E-state index in [9.17, 15) is 26.3 Å². The van der Waals surface area contributed by atoms with Crippen LogP contribution in [0.4, 0.5) is 26.3 Å². The van der Waals surface area contributed by atoms with Crippen LogP contribution >= 0.6 is 0 Å². The van der Waals surface area contributed by atoms with Gasteiger partial charge >= 0.3 is 12.4 Å². The van der Waals surface area contributed by atoms with Crippen LogP contribution < -0.4 is 0 Å². The van der Waals surface area contributed by atoms with Gasteiger partial charge in [0, 0.05) is 5.39 Å². The SMILES string of the molecule is CC.Cc1cc(C(F)(F)F)nc2c(C(F)(F)F)cccc12. The molecule has 0 aliphatic rings. The predicted octanol–water partition coefficient (Wildman–Crippen LogP) is 5.61. The number of hydrogen-bond donors (Lipinski definition) is 0. The average Bonchev–Trinajstić information content (AvgIpc) is 2.38. The van der Waals surface area contributed by atoms with Gasteiger partial charge in [0.15, 0.2) is 0 Å². The Hall–Kier alpha value is -1.79. The van der Waals surface area contributed by atoms with Gasteiger partial charge in [0.25, 0.3) is 0 Å². The van der Waals surface area contributed by atoms with Crippen molar-refractivity contribution in [3.63, 3.8) is 0 Å². The normalized spacial score (nSPS) is 12.0. The molecule has 0 atom stereocenters. The van der Waals surface area contributed by atoms with E-state index in [1.807, 2.05) is 13.8 Å². The van der Waals surface area contributed by atoms with Crippen molar-refractivity contribution < 1.29 is 26.3 Å². The van der Waals surface area contributed by atoms with Crippen molar-refractivity contribution in [3.8, 4) is 0 Å². The molecule has 0 aliphatic heterocycles. The van der Waals surface area contributed by atoms with Crippen LogP contribution in [-0.2, 0) is 12.4 Å². The molecule has 116 valence electrons. The fourth-order valence-electron chi connectivity index (χ4n) is 1.79. The molecule has 0 radical (unpaired) electrons. The number of nitrogens with zero attached hydrogens (tertiary/aromatic N) is 1. The van der Waals surface area contributed by atoms with Crippen molar-refractivity contribution in [1.29, 1.82) is 0 Å². The van der Waals surface area contributed by atoms with E-state index in [4.69, 9.17) is 0 Å².